The first-order valence-electron chi connectivity index (χ1n) is 6.72. The Kier molecular flexibility index (Phi) is 4.93. The van der Waals surface area contributed by atoms with Crippen molar-refractivity contribution in [2.45, 2.75) is 13.5 Å². The van der Waals surface area contributed by atoms with Gasteiger partial charge in [-0.1, -0.05) is 37.3 Å². The molecule has 0 saturated heterocycles. The fourth-order valence-corrected chi connectivity index (χ4v) is 3.14. The highest BCUT2D eigenvalue weighted by atomic mass is 32.2. The second-order valence-corrected chi connectivity index (χ2v) is 6.53. The molecule has 0 fully saturated rings. The van der Waals surface area contributed by atoms with Gasteiger partial charge < -0.3 is 0 Å². The van der Waals surface area contributed by atoms with Crippen LogP contribution in [-0.4, -0.2) is 29.0 Å². The van der Waals surface area contributed by atoms with Gasteiger partial charge in [0.05, 0.1) is 6.20 Å². The third-order valence-corrected chi connectivity index (χ3v) is 4.65. The number of benzene rings is 1. The van der Waals surface area contributed by atoms with Crippen LogP contribution >= 0.6 is 0 Å². The summed E-state index contributed by atoms with van der Waals surface area (Å²) in [6.45, 7) is 2.56. The number of aromatic nitrogens is 2. The van der Waals surface area contributed by atoms with E-state index in [1.165, 1.54) is 9.71 Å². The SMILES string of the molecule is CCN(Cc1cnn(C)c1)S(=O)(=O)C=Cc1ccccc1. The molecule has 112 valence electrons. The molecular formula is C15H19N3O2S. The van der Waals surface area contributed by atoms with E-state index in [1.807, 2.05) is 50.5 Å². The van der Waals surface area contributed by atoms with Crippen molar-refractivity contribution >= 4 is 16.1 Å². The van der Waals surface area contributed by atoms with Crippen LogP contribution in [0.3, 0.4) is 0 Å². The van der Waals surface area contributed by atoms with E-state index in [-0.39, 0.29) is 0 Å². The predicted octanol–water partition coefficient (Wildman–Crippen LogP) is 2.24. The third-order valence-electron chi connectivity index (χ3n) is 3.06. The molecule has 0 unspecified atom stereocenters. The van der Waals surface area contributed by atoms with Crippen LogP contribution in [0.1, 0.15) is 18.1 Å². The molecule has 1 aromatic heterocycles. The van der Waals surface area contributed by atoms with E-state index in [2.05, 4.69) is 5.10 Å². The van der Waals surface area contributed by atoms with Gasteiger partial charge in [-0.2, -0.15) is 9.40 Å². The fraction of sp³-hybridized carbons (Fsp3) is 0.267. The zero-order valence-electron chi connectivity index (χ0n) is 12.2. The van der Waals surface area contributed by atoms with E-state index in [4.69, 9.17) is 0 Å². The Bertz CT molecular complexity index is 706. The minimum absolute atomic E-state index is 0.325. The molecule has 0 aliphatic heterocycles. The monoisotopic (exact) mass is 305 g/mol. The Balaban J connectivity index is 2.14. The van der Waals surface area contributed by atoms with Crippen molar-refractivity contribution in [3.8, 4) is 0 Å². The zero-order chi connectivity index (χ0) is 15.3. The van der Waals surface area contributed by atoms with Crippen molar-refractivity contribution in [1.29, 1.82) is 0 Å². The minimum atomic E-state index is -3.44. The molecule has 2 rings (SSSR count). The fourth-order valence-electron chi connectivity index (χ4n) is 1.95. The molecule has 0 saturated carbocycles. The Morgan fingerprint density at radius 1 is 1.29 bits per heavy atom. The van der Waals surface area contributed by atoms with Gasteiger partial charge in [-0.05, 0) is 11.6 Å². The van der Waals surface area contributed by atoms with Gasteiger partial charge in [-0.15, -0.1) is 0 Å². The van der Waals surface area contributed by atoms with Gasteiger partial charge in [0.2, 0.25) is 10.0 Å². The highest BCUT2D eigenvalue weighted by Crippen LogP contribution is 2.12. The van der Waals surface area contributed by atoms with Crippen LogP contribution in [0.25, 0.3) is 6.08 Å². The van der Waals surface area contributed by atoms with Gasteiger partial charge in [0.25, 0.3) is 0 Å². The van der Waals surface area contributed by atoms with Gasteiger partial charge >= 0.3 is 0 Å². The maximum atomic E-state index is 12.4. The molecule has 1 aromatic carbocycles. The molecule has 5 nitrogen and oxygen atoms in total. The van der Waals surface area contributed by atoms with Crippen molar-refractivity contribution in [3.63, 3.8) is 0 Å². The second-order valence-electron chi connectivity index (χ2n) is 4.71. The summed E-state index contributed by atoms with van der Waals surface area (Å²) in [5, 5.41) is 5.31. The standard InChI is InChI=1S/C15H19N3O2S/c1-3-18(13-15-11-16-17(2)12-15)21(19,20)10-9-14-7-5-4-6-8-14/h4-12H,3,13H2,1-2H3. The Hall–Kier alpha value is -1.92. The predicted molar refractivity (Wildman–Crippen MR) is 83.7 cm³/mol. The number of rotatable bonds is 6. The molecule has 0 spiro atoms. The van der Waals surface area contributed by atoms with Crippen LogP contribution in [0.5, 0.6) is 0 Å². The Labute approximate surface area is 125 Å². The second kappa shape index (κ2) is 6.69. The molecule has 0 amide bonds. The molecule has 0 atom stereocenters. The quantitative estimate of drug-likeness (QED) is 0.822. The summed E-state index contributed by atoms with van der Waals surface area (Å²) in [6, 6.07) is 9.37. The number of hydrogen-bond donors (Lipinski definition) is 0. The van der Waals surface area contributed by atoms with Crippen LogP contribution in [-0.2, 0) is 23.6 Å². The number of sulfonamides is 1. The van der Waals surface area contributed by atoms with E-state index in [1.54, 1.807) is 17.0 Å². The summed E-state index contributed by atoms with van der Waals surface area (Å²) in [4.78, 5) is 0. The van der Waals surface area contributed by atoms with Crippen LogP contribution in [0.15, 0.2) is 48.1 Å². The van der Waals surface area contributed by atoms with E-state index in [0.29, 0.717) is 13.1 Å². The van der Waals surface area contributed by atoms with Crippen molar-refractivity contribution in [2.75, 3.05) is 6.54 Å². The normalized spacial score (nSPS) is 12.3. The van der Waals surface area contributed by atoms with Crippen molar-refractivity contribution < 1.29 is 8.42 Å². The lowest BCUT2D eigenvalue weighted by Gasteiger charge is -2.17. The Morgan fingerprint density at radius 2 is 2.00 bits per heavy atom. The largest absolute Gasteiger partial charge is 0.275 e. The maximum Gasteiger partial charge on any atom is 0.236 e. The number of aryl methyl sites for hydroxylation is 1. The molecule has 0 aliphatic rings. The molecule has 1 heterocycles. The van der Waals surface area contributed by atoms with Crippen LogP contribution < -0.4 is 0 Å². The van der Waals surface area contributed by atoms with Gasteiger partial charge in [0, 0.05) is 37.3 Å². The van der Waals surface area contributed by atoms with Gasteiger partial charge in [-0.3, -0.25) is 4.68 Å². The molecule has 0 bridgehead atoms. The number of hydrogen-bond acceptors (Lipinski definition) is 3. The van der Waals surface area contributed by atoms with E-state index in [0.717, 1.165) is 11.1 Å². The summed E-state index contributed by atoms with van der Waals surface area (Å²) < 4.78 is 27.8. The molecule has 2 aromatic rings. The zero-order valence-corrected chi connectivity index (χ0v) is 13.0. The molecule has 0 radical (unpaired) electrons. The topological polar surface area (TPSA) is 55.2 Å². The number of nitrogens with zero attached hydrogens (tertiary/aromatic N) is 3. The molecule has 6 heteroatoms. The molecule has 0 N–H and O–H groups in total. The molecule has 21 heavy (non-hydrogen) atoms. The average Bonchev–Trinajstić information content (AvgIpc) is 2.89. The first-order chi connectivity index (χ1) is 10.0. The van der Waals surface area contributed by atoms with Crippen molar-refractivity contribution in [2.24, 2.45) is 7.05 Å². The summed E-state index contributed by atoms with van der Waals surface area (Å²) >= 11 is 0. The van der Waals surface area contributed by atoms with Gasteiger partial charge in [0.1, 0.15) is 0 Å². The summed E-state index contributed by atoms with van der Waals surface area (Å²) in [5.74, 6) is 0. The van der Waals surface area contributed by atoms with E-state index in [9.17, 15) is 8.42 Å². The van der Waals surface area contributed by atoms with Crippen LogP contribution in [0.2, 0.25) is 0 Å². The van der Waals surface area contributed by atoms with E-state index >= 15 is 0 Å². The lowest BCUT2D eigenvalue weighted by molar-refractivity contribution is 0.430. The lowest BCUT2D eigenvalue weighted by atomic mass is 10.2. The van der Waals surface area contributed by atoms with Gasteiger partial charge in [-0.25, -0.2) is 8.42 Å². The first kappa shape index (κ1) is 15.5. The minimum Gasteiger partial charge on any atom is -0.275 e. The molecule has 0 aliphatic carbocycles. The van der Waals surface area contributed by atoms with Crippen molar-refractivity contribution in [1.82, 2.24) is 14.1 Å². The maximum absolute atomic E-state index is 12.4. The average molecular weight is 305 g/mol. The van der Waals surface area contributed by atoms with Crippen LogP contribution in [0.4, 0.5) is 0 Å². The smallest absolute Gasteiger partial charge is 0.236 e. The third kappa shape index (κ3) is 4.27. The first-order valence-corrected chi connectivity index (χ1v) is 8.22. The highest BCUT2D eigenvalue weighted by molar-refractivity contribution is 7.92. The summed E-state index contributed by atoms with van der Waals surface area (Å²) in [6.07, 6.45) is 5.11. The molecular weight excluding hydrogens is 286 g/mol. The van der Waals surface area contributed by atoms with Crippen molar-refractivity contribution in [3.05, 3.63) is 59.3 Å². The highest BCUT2D eigenvalue weighted by Gasteiger charge is 2.18. The van der Waals surface area contributed by atoms with E-state index < -0.39 is 10.0 Å². The van der Waals surface area contributed by atoms with Crippen LogP contribution in [0, 0.1) is 0 Å². The summed E-state index contributed by atoms with van der Waals surface area (Å²) in [7, 11) is -1.63. The lowest BCUT2D eigenvalue weighted by Crippen LogP contribution is -2.28. The summed E-state index contributed by atoms with van der Waals surface area (Å²) in [5.41, 5.74) is 1.73. The Morgan fingerprint density at radius 3 is 2.57 bits per heavy atom. The van der Waals surface area contributed by atoms with Gasteiger partial charge in [0.15, 0.2) is 0 Å².